The summed E-state index contributed by atoms with van der Waals surface area (Å²) in [7, 11) is 0. The third-order valence-electron chi connectivity index (χ3n) is 3.27. The van der Waals surface area contributed by atoms with Crippen molar-refractivity contribution in [3.8, 4) is 0 Å². The van der Waals surface area contributed by atoms with Crippen LogP contribution in [-0.2, 0) is 17.9 Å². The van der Waals surface area contributed by atoms with E-state index in [0.717, 1.165) is 25.2 Å². The second kappa shape index (κ2) is 7.92. The van der Waals surface area contributed by atoms with Gasteiger partial charge in [-0.3, -0.25) is 9.69 Å². The molecule has 0 aromatic heterocycles. The number of nitrogens with two attached hydrogens (primary N) is 1. The van der Waals surface area contributed by atoms with Crippen molar-refractivity contribution in [1.82, 2.24) is 10.2 Å². The van der Waals surface area contributed by atoms with Crippen LogP contribution >= 0.6 is 0 Å². The molecule has 1 aromatic rings. The molecule has 1 atom stereocenters. The van der Waals surface area contributed by atoms with Gasteiger partial charge in [0.1, 0.15) is 0 Å². The first-order valence-corrected chi connectivity index (χ1v) is 6.90. The Morgan fingerprint density at radius 3 is 2.37 bits per heavy atom. The molecule has 0 spiro atoms. The van der Waals surface area contributed by atoms with Crippen molar-refractivity contribution in [3.63, 3.8) is 0 Å². The summed E-state index contributed by atoms with van der Waals surface area (Å²) in [5.74, 6) is -0.113. The first-order chi connectivity index (χ1) is 9.08. The maximum absolute atomic E-state index is 11.5. The van der Waals surface area contributed by atoms with Gasteiger partial charge in [0.05, 0.1) is 6.04 Å². The molecule has 1 rings (SSSR count). The Morgan fingerprint density at radius 2 is 1.84 bits per heavy atom. The van der Waals surface area contributed by atoms with Crippen LogP contribution in [0.4, 0.5) is 0 Å². The van der Waals surface area contributed by atoms with Crippen LogP contribution in [0.5, 0.6) is 0 Å². The number of nitrogens with one attached hydrogen (secondary N) is 1. The van der Waals surface area contributed by atoms with Gasteiger partial charge in [0, 0.05) is 13.1 Å². The summed E-state index contributed by atoms with van der Waals surface area (Å²) < 4.78 is 0. The highest BCUT2D eigenvalue weighted by Crippen LogP contribution is 2.11. The van der Waals surface area contributed by atoms with Gasteiger partial charge in [-0.2, -0.15) is 0 Å². The number of amides is 1. The first kappa shape index (κ1) is 15.7. The first-order valence-electron chi connectivity index (χ1n) is 6.90. The highest BCUT2D eigenvalue weighted by molar-refractivity contribution is 5.80. The van der Waals surface area contributed by atoms with Gasteiger partial charge < -0.3 is 11.1 Å². The number of rotatable bonds is 7. The van der Waals surface area contributed by atoms with E-state index in [1.54, 1.807) is 6.92 Å². The molecule has 0 bridgehead atoms. The van der Waals surface area contributed by atoms with E-state index in [0.29, 0.717) is 6.54 Å². The molecule has 0 saturated heterocycles. The molecule has 0 aliphatic carbocycles. The quantitative estimate of drug-likeness (QED) is 0.783. The fourth-order valence-corrected chi connectivity index (χ4v) is 1.92. The summed E-state index contributed by atoms with van der Waals surface area (Å²) in [5.41, 5.74) is 7.96. The molecule has 1 aromatic carbocycles. The van der Waals surface area contributed by atoms with Crippen LogP contribution in [0, 0.1) is 0 Å². The smallest absolute Gasteiger partial charge is 0.236 e. The summed E-state index contributed by atoms with van der Waals surface area (Å²) in [6, 6.07) is 7.75. The van der Waals surface area contributed by atoms with E-state index in [-0.39, 0.29) is 5.91 Å². The lowest BCUT2D eigenvalue weighted by Crippen LogP contribution is -2.38. The lowest BCUT2D eigenvalue weighted by atomic mass is 10.1. The number of carbonyl (C=O) groups is 1. The highest BCUT2D eigenvalue weighted by Gasteiger charge is 2.09. The van der Waals surface area contributed by atoms with Gasteiger partial charge in [0.15, 0.2) is 0 Å². The molecule has 0 saturated carbocycles. The van der Waals surface area contributed by atoms with E-state index >= 15 is 0 Å². The molecule has 4 heteroatoms. The molecule has 1 amide bonds. The second-order valence-electron chi connectivity index (χ2n) is 4.74. The average Bonchev–Trinajstić information content (AvgIpc) is 2.42. The lowest BCUT2D eigenvalue weighted by molar-refractivity contribution is -0.122. The number of nitrogens with zero attached hydrogens (tertiary/aromatic N) is 1. The standard InChI is InChI=1S/C15H25N3O/c1-4-18(5-2)11-14-9-7-6-8-13(14)10-17-15(19)12(3)16/h6-9,12H,4-5,10-11,16H2,1-3H3,(H,17,19)/t12-/m1/s1. The number of benzene rings is 1. The predicted molar refractivity (Wildman–Crippen MR) is 78.6 cm³/mol. The van der Waals surface area contributed by atoms with Gasteiger partial charge in [-0.1, -0.05) is 38.1 Å². The van der Waals surface area contributed by atoms with Crippen LogP contribution in [-0.4, -0.2) is 29.9 Å². The van der Waals surface area contributed by atoms with Crippen molar-refractivity contribution < 1.29 is 4.79 Å². The van der Waals surface area contributed by atoms with Crippen molar-refractivity contribution in [2.45, 2.75) is 39.9 Å². The Morgan fingerprint density at radius 1 is 1.26 bits per heavy atom. The fraction of sp³-hybridized carbons (Fsp3) is 0.533. The summed E-state index contributed by atoms with van der Waals surface area (Å²) in [5, 5.41) is 2.87. The van der Waals surface area contributed by atoms with Crippen molar-refractivity contribution in [1.29, 1.82) is 0 Å². The number of hydrogen-bond acceptors (Lipinski definition) is 3. The third kappa shape index (κ3) is 5.01. The highest BCUT2D eigenvalue weighted by atomic mass is 16.2. The maximum atomic E-state index is 11.5. The Balaban J connectivity index is 2.70. The van der Waals surface area contributed by atoms with Crippen LogP contribution < -0.4 is 11.1 Å². The third-order valence-corrected chi connectivity index (χ3v) is 3.27. The maximum Gasteiger partial charge on any atom is 0.236 e. The van der Waals surface area contributed by atoms with Crippen LogP contribution in [0.3, 0.4) is 0 Å². The summed E-state index contributed by atoms with van der Waals surface area (Å²) in [6.07, 6.45) is 0. The lowest BCUT2D eigenvalue weighted by Gasteiger charge is -2.20. The Labute approximate surface area is 116 Å². The van der Waals surface area contributed by atoms with Gasteiger partial charge in [0.2, 0.25) is 5.91 Å². The van der Waals surface area contributed by atoms with Gasteiger partial charge >= 0.3 is 0 Å². The summed E-state index contributed by atoms with van der Waals surface area (Å²) in [4.78, 5) is 13.9. The molecule has 0 aliphatic rings. The van der Waals surface area contributed by atoms with Crippen LogP contribution in [0.25, 0.3) is 0 Å². The predicted octanol–water partition coefficient (Wildman–Crippen LogP) is 1.49. The minimum absolute atomic E-state index is 0.113. The topological polar surface area (TPSA) is 58.4 Å². The SMILES string of the molecule is CCN(CC)Cc1ccccc1CNC(=O)[C@@H](C)N. The number of carbonyl (C=O) groups excluding carboxylic acids is 1. The zero-order valence-corrected chi connectivity index (χ0v) is 12.1. The van der Waals surface area contributed by atoms with Crippen molar-refractivity contribution in [2.24, 2.45) is 5.73 Å². The van der Waals surface area contributed by atoms with Crippen LogP contribution in [0.2, 0.25) is 0 Å². The van der Waals surface area contributed by atoms with Gasteiger partial charge in [-0.15, -0.1) is 0 Å². The van der Waals surface area contributed by atoms with Gasteiger partial charge in [-0.25, -0.2) is 0 Å². The Bertz CT molecular complexity index is 400. The van der Waals surface area contributed by atoms with E-state index in [1.807, 2.05) is 12.1 Å². The summed E-state index contributed by atoms with van der Waals surface area (Å²) >= 11 is 0. The van der Waals surface area contributed by atoms with Crippen LogP contribution in [0.1, 0.15) is 31.9 Å². The molecule has 0 heterocycles. The molecule has 0 fully saturated rings. The monoisotopic (exact) mass is 263 g/mol. The molecular weight excluding hydrogens is 238 g/mol. The second-order valence-corrected chi connectivity index (χ2v) is 4.74. The number of hydrogen-bond donors (Lipinski definition) is 2. The van der Waals surface area contributed by atoms with Crippen molar-refractivity contribution in [2.75, 3.05) is 13.1 Å². The average molecular weight is 263 g/mol. The normalized spacial score (nSPS) is 12.5. The van der Waals surface area contributed by atoms with E-state index in [9.17, 15) is 4.79 Å². The molecule has 3 N–H and O–H groups in total. The molecule has 19 heavy (non-hydrogen) atoms. The summed E-state index contributed by atoms with van der Waals surface area (Å²) in [6.45, 7) is 9.51. The van der Waals surface area contributed by atoms with Gasteiger partial charge in [0.25, 0.3) is 0 Å². The fourth-order valence-electron chi connectivity index (χ4n) is 1.92. The Kier molecular flexibility index (Phi) is 6.53. The Hall–Kier alpha value is -1.39. The van der Waals surface area contributed by atoms with E-state index in [2.05, 4.69) is 36.2 Å². The molecule has 0 aliphatic heterocycles. The minimum atomic E-state index is -0.463. The zero-order valence-electron chi connectivity index (χ0n) is 12.1. The molecular formula is C15H25N3O. The van der Waals surface area contributed by atoms with E-state index < -0.39 is 6.04 Å². The minimum Gasteiger partial charge on any atom is -0.351 e. The largest absolute Gasteiger partial charge is 0.351 e. The molecule has 0 unspecified atom stereocenters. The van der Waals surface area contributed by atoms with E-state index in [1.165, 1.54) is 5.56 Å². The van der Waals surface area contributed by atoms with E-state index in [4.69, 9.17) is 5.73 Å². The molecule has 0 radical (unpaired) electrons. The van der Waals surface area contributed by atoms with Crippen LogP contribution in [0.15, 0.2) is 24.3 Å². The van der Waals surface area contributed by atoms with Crippen molar-refractivity contribution in [3.05, 3.63) is 35.4 Å². The molecule has 106 valence electrons. The zero-order chi connectivity index (χ0) is 14.3. The van der Waals surface area contributed by atoms with Gasteiger partial charge in [-0.05, 0) is 31.1 Å². The molecule has 4 nitrogen and oxygen atoms in total. The van der Waals surface area contributed by atoms with Crippen molar-refractivity contribution >= 4 is 5.91 Å².